The number of aliphatic hydroxyl groups is 1. The van der Waals surface area contributed by atoms with Crippen molar-refractivity contribution in [1.29, 1.82) is 0 Å². The minimum absolute atomic E-state index is 0.0829. The van der Waals surface area contributed by atoms with E-state index in [0.717, 1.165) is 0 Å². The van der Waals surface area contributed by atoms with Crippen LogP contribution in [0.2, 0.25) is 0 Å². The van der Waals surface area contributed by atoms with Gasteiger partial charge >= 0.3 is 0 Å². The third-order valence-electron chi connectivity index (χ3n) is 1.27. The molecule has 66 valence electrons. The fraction of sp³-hybridized carbons (Fsp3) is 0.500. The molecule has 0 aliphatic heterocycles. The van der Waals surface area contributed by atoms with E-state index in [0.29, 0.717) is 11.4 Å². The Kier molecular flexibility index (Phi) is 2.99. The van der Waals surface area contributed by atoms with E-state index in [-0.39, 0.29) is 12.7 Å². The highest BCUT2D eigenvalue weighted by Gasteiger charge is 2.04. The Morgan fingerprint density at radius 2 is 2.33 bits per heavy atom. The molecule has 0 bridgehead atoms. The molecule has 0 saturated heterocycles. The molecule has 1 heterocycles. The molecule has 0 fully saturated rings. The largest absolute Gasteiger partial charge is 0.489 e. The zero-order valence-corrected chi connectivity index (χ0v) is 7.19. The van der Waals surface area contributed by atoms with Gasteiger partial charge in [0.2, 0.25) is 0 Å². The second-order valence-corrected chi connectivity index (χ2v) is 2.67. The van der Waals surface area contributed by atoms with Crippen LogP contribution in [0.5, 0.6) is 5.75 Å². The standard InChI is InChI=1S/C8H12N2O2/c1-6(2)12-8-3-4-9-10-7(8)5-11/h3-4,6,11H,5H2,1-2H3. The summed E-state index contributed by atoms with van der Waals surface area (Å²) in [5.74, 6) is 0.600. The topological polar surface area (TPSA) is 55.2 Å². The Balaban J connectivity index is 2.82. The van der Waals surface area contributed by atoms with Gasteiger partial charge in [-0.25, -0.2) is 0 Å². The fourth-order valence-electron chi connectivity index (χ4n) is 0.820. The molecule has 0 atom stereocenters. The minimum atomic E-state index is -0.143. The Labute approximate surface area is 71.2 Å². The molecular weight excluding hydrogens is 156 g/mol. The Bertz CT molecular complexity index is 251. The molecule has 0 spiro atoms. The number of aliphatic hydroxyl groups excluding tert-OH is 1. The number of hydrogen-bond acceptors (Lipinski definition) is 4. The Hall–Kier alpha value is -1.16. The second kappa shape index (κ2) is 4.01. The smallest absolute Gasteiger partial charge is 0.147 e. The van der Waals surface area contributed by atoms with Crippen LogP contribution in [0.25, 0.3) is 0 Å². The Morgan fingerprint density at radius 3 is 2.92 bits per heavy atom. The molecule has 0 amide bonds. The van der Waals surface area contributed by atoms with E-state index in [2.05, 4.69) is 10.2 Å². The summed E-state index contributed by atoms with van der Waals surface area (Å²) in [7, 11) is 0. The molecule has 0 radical (unpaired) electrons. The van der Waals surface area contributed by atoms with E-state index in [4.69, 9.17) is 9.84 Å². The lowest BCUT2D eigenvalue weighted by Crippen LogP contribution is -2.08. The summed E-state index contributed by atoms with van der Waals surface area (Å²) >= 11 is 0. The van der Waals surface area contributed by atoms with Crippen LogP contribution in [0.3, 0.4) is 0 Å². The van der Waals surface area contributed by atoms with Crippen molar-refractivity contribution in [2.24, 2.45) is 0 Å². The normalized spacial score (nSPS) is 10.3. The SMILES string of the molecule is CC(C)Oc1ccnnc1CO. The van der Waals surface area contributed by atoms with Crippen molar-refractivity contribution in [2.75, 3.05) is 0 Å². The second-order valence-electron chi connectivity index (χ2n) is 2.67. The Morgan fingerprint density at radius 1 is 1.58 bits per heavy atom. The lowest BCUT2D eigenvalue weighted by Gasteiger charge is -2.10. The number of ether oxygens (including phenoxy) is 1. The molecule has 1 aromatic heterocycles. The van der Waals surface area contributed by atoms with Gasteiger partial charge < -0.3 is 9.84 Å². The lowest BCUT2D eigenvalue weighted by atomic mass is 10.3. The van der Waals surface area contributed by atoms with Crippen LogP contribution in [-0.2, 0) is 6.61 Å². The highest BCUT2D eigenvalue weighted by molar-refractivity contribution is 5.24. The summed E-state index contributed by atoms with van der Waals surface area (Å²) in [4.78, 5) is 0. The maximum absolute atomic E-state index is 8.85. The van der Waals surface area contributed by atoms with E-state index in [9.17, 15) is 0 Å². The van der Waals surface area contributed by atoms with Gasteiger partial charge in [0, 0.05) is 6.07 Å². The third kappa shape index (κ3) is 2.17. The summed E-state index contributed by atoms with van der Waals surface area (Å²) in [6.45, 7) is 3.69. The molecular formula is C8H12N2O2. The van der Waals surface area contributed by atoms with Crippen LogP contribution in [0.1, 0.15) is 19.5 Å². The van der Waals surface area contributed by atoms with Gasteiger partial charge in [-0.05, 0) is 13.8 Å². The van der Waals surface area contributed by atoms with Gasteiger partial charge in [0.1, 0.15) is 11.4 Å². The monoisotopic (exact) mass is 168 g/mol. The first-order valence-corrected chi connectivity index (χ1v) is 3.82. The summed E-state index contributed by atoms with van der Waals surface area (Å²) in [5.41, 5.74) is 0.478. The van der Waals surface area contributed by atoms with E-state index in [1.807, 2.05) is 13.8 Å². The minimum Gasteiger partial charge on any atom is -0.489 e. The van der Waals surface area contributed by atoms with Crippen molar-refractivity contribution in [2.45, 2.75) is 26.6 Å². The summed E-state index contributed by atoms with van der Waals surface area (Å²) in [6, 6.07) is 1.69. The van der Waals surface area contributed by atoms with Crippen LogP contribution < -0.4 is 4.74 Å². The van der Waals surface area contributed by atoms with Gasteiger partial charge in [-0.1, -0.05) is 0 Å². The average Bonchev–Trinajstić information content (AvgIpc) is 2.04. The predicted molar refractivity (Wildman–Crippen MR) is 43.7 cm³/mol. The molecule has 1 N–H and O–H groups in total. The van der Waals surface area contributed by atoms with Crippen molar-refractivity contribution in [1.82, 2.24) is 10.2 Å². The first kappa shape index (κ1) is 8.93. The molecule has 0 saturated carbocycles. The van der Waals surface area contributed by atoms with E-state index >= 15 is 0 Å². The van der Waals surface area contributed by atoms with Gasteiger partial charge in [0.15, 0.2) is 0 Å². The highest BCUT2D eigenvalue weighted by atomic mass is 16.5. The molecule has 0 aromatic carbocycles. The zero-order chi connectivity index (χ0) is 8.97. The van der Waals surface area contributed by atoms with E-state index in [1.165, 1.54) is 6.20 Å². The van der Waals surface area contributed by atoms with Gasteiger partial charge in [-0.2, -0.15) is 5.10 Å². The average molecular weight is 168 g/mol. The van der Waals surface area contributed by atoms with Crippen molar-refractivity contribution in [3.63, 3.8) is 0 Å². The molecule has 4 nitrogen and oxygen atoms in total. The molecule has 4 heteroatoms. The zero-order valence-electron chi connectivity index (χ0n) is 7.19. The predicted octanol–water partition coefficient (Wildman–Crippen LogP) is 0.756. The van der Waals surface area contributed by atoms with E-state index in [1.54, 1.807) is 6.07 Å². The first-order valence-electron chi connectivity index (χ1n) is 3.82. The summed E-state index contributed by atoms with van der Waals surface area (Å²) < 4.78 is 5.37. The van der Waals surface area contributed by atoms with Crippen molar-refractivity contribution in [3.8, 4) is 5.75 Å². The first-order chi connectivity index (χ1) is 5.74. The van der Waals surface area contributed by atoms with Crippen molar-refractivity contribution < 1.29 is 9.84 Å². The van der Waals surface area contributed by atoms with Gasteiger partial charge in [0.25, 0.3) is 0 Å². The quantitative estimate of drug-likeness (QED) is 0.723. The summed E-state index contributed by atoms with van der Waals surface area (Å²) in [6.07, 6.45) is 1.62. The number of hydrogen-bond donors (Lipinski definition) is 1. The number of nitrogens with zero attached hydrogens (tertiary/aromatic N) is 2. The molecule has 1 rings (SSSR count). The van der Waals surface area contributed by atoms with Crippen LogP contribution in [-0.4, -0.2) is 21.4 Å². The summed E-state index contributed by atoms with van der Waals surface area (Å²) in [5, 5.41) is 16.2. The maximum atomic E-state index is 8.85. The molecule has 0 aliphatic rings. The molecule has 12 heavy (non-hydrogen) atoms. The van der Waals surface area contributed by atoms with Crippen molar-refractivity contribution >= 4 is 0 Å². The molecule has 0 unspecified atom stereocenters. The third-order valence-corrected chi connectivity index (χ3v) is 1.27. The van der Waals surface area contributed by atoms with Crippen LogP contribution in [0.4, 0.5) is 0 Å². The number of aromatic nitrogens is 2. The molecule has 0 aliphatic carbocycles. The maximum Gasteiger partial charge on any atom is 0.147 e. The van der Waals surface area contributed by atoms with Gasteiger partial charge in [-0.3, -0.25) is 0 Å². The van der Waals surface area contributed by atoms with Gasteiger partial charge in [0.05, 0.1) is 18.9 Å². The van der Waals surface area contributed by atoms with Crippen LogP contribution >= 0.6 is 0 Å². The van der Waals surface area contributed by atoms with Crippen molar-refractivity contribution in [3.05, 3.63) is 18.0 Å². The van der Waals surface area contributed by atoms with Crippen LogP contribution in [0.15, 0.2) is 12.3 Å². The highest BCUT2D eigenvalue weighted by Crippen LogP contribution is 2.15. The van der Waals surface area contributed by atoms with Crippen LogP contribution in [0, 0.1) is 0 Å². The number of rotatable bonds is 3. The van der Waals surface area contributed by atoms with Gasteiger partial charge in [-0.15, -0.1) is 5.10 Å². The fourth-order valence-corrected chi connectivity index (χ4v) is 0.820. The lowest BCUT2D eigenvalue weighted by molar-refractivity contribution is 0.221. The molecule has 1 aromatic rings. The van der Waals surface area contributed by atoms with E-state index < -0.39 is 0 Å².